The highest BCUT2D eigenvalue weighted by molar-refractivity contribution is 6.06. The van der Waals surface area contributed by atoms with Crippen LogP contribution in [-0.2, 0) is 19.1 Å². The highest BCUT2D eigenvalue weighted by Crippen LogP contribution is 2.52. The quantitative estimate of drug-likeness (QED) is 0.394. The molecule has 3 amide bonds. The molecule has 7 nitrogen and oxygen atoms in total. The lowest BCUT2D eigenvalue weighted by atomic mass is 9.85. The van der Waals surface area contributed by atoms with E-state index >= 15 is 0 Å². The molecule has 30 heavy (non-hydrogen) atoms. The summed E-state index contributed by atoms with van der Waals surface area (Å²) in [5, 5.41) is 12.1. The van der Waals surface area contributed by atoms with Crippen LogP contribution in [0, 0.1) is 23.7 Å². The maximum absolute atomic E-state index is 12.7. The van der Waals surface area contributed by atoms with E-state index < -0.39 is 11.1 Å². The van der Waals surface area contributed by atoms with Gasteiger partial charge >= 0.3 is 0 Å². The monoisotopic (exact) mass is 420 g/mol. The van der Waals surface area contributed by atoms with E-state index in [9.17, 15) is 14.4 Å². The lowest BCUT2D eigenvalue weighted by molar-refractivity contribution is -0.141. The van der Waals surface area contributed by atoms with Crippen LogP contribution in [0.2, 0.25) is 0 Å². The van der Waals surface area contributed by atoms with Crippen LogP contribution in [-0.4, -0.2) is 58.6 Å². The first-order chi connectivity index (χ1) is 14.0. The number of likely N-dealkylation sites (tertiary alicyclic amines) is 1. The van der Waals surface area contributed by atoms with Crippen LogP contribution in [0.15, 0.2) is 12.2 Å². The zero-order chi connectivity index (χ0) is 22.1. The molecular weight excluding hydrogens is 384 g/mol. The predicted octanol–water partition coefficient (Wildman–Crippen LogP) is 2.04. The fourth-order valence-electron chi connectivity index (χ4n) is 5.01. The number of carbonyl (C=O) groups is 3. The summed E-state index contributed by atoms with van der Waals surface area (Å²) in [4.78, 5) is 39.1. The van der Waals surface area contributed by atoms with Gasteiger partial charge in [-0.25, -0.2) is 0 Å². The highest BCUT2D eigenvalue weighted by atomic mass is 16.5. The van der Waals surface area contributed by atoms with E-state index in [0.717, 1.165) is 6.42 Å². The zero-order valence-corrected chi connectivity index (χ0v) is 18.6. The molecule has 1 saturated carbocycles. The molecule has 4 atom stereocenters. The molecule has 0 aromatic carbocycles. The summed E-state index contributed by atoms with van der Waals surface area (Å²) >= 11 is 0. The van der Waals surface area contributed by atoms with Gasteiger partial charge in [-0.1, -0.05) is 12.2 Å². The third-order valence-corrected chi connectivity index (χ3v) is 6.76. The molecule has 1 aliphatic heterocycles. The smallest absolute Gasteiger partial charge is 0.233 e. The number of amides is 3. The van der Waals surface area contributed by atoms with Crippen LogP contribution in [0.3, 0.4) is 0 Å². The molecule has 3 aliphatic rings. The molecule has 1 saturated heterocycles. The third kappa shape index (κ3) is 4.94. The average Bonchev–Trinajstić information content (AvgIpc) is 3.30. The molecule has 168 valence electrons. The third-order valence-electron chi connectivity index (χ3n) is 6.76. The fourth-order valence-corrected chi connectivity index (χ4v) is 5.01. The van der Waals surface area contributed by atoms with Gasteiger partial charge in [0.05, 0.1) is 17.4 Å². The van der Waals surface area contributed by atoms with Gasteiger partial charge in [0.25, 0.3) is 0 Å². The van der Waals surface area contributed by atoms with Crippen molar-refractivity contribution in [3.63, 3.8) is 0 Å². The Labute approximate surface area is 179 Å². The van der Waals surface area contributed by atoms with Gasteiger partial charge in [0, 0.05) is 31.7 Å². The van der Waals surface area contributed by atoms with Crippen LogP contribution < -0.4 is 5.32 Å². The molecule has 0 spiro atoms. The molecule has 1 heterocycles. The van der Waals surface area contributed by atoms with E-state index in [0.29, 0.717) is 32.4 Å². The van der Waals surface area contributed by atoms with Crippen molar-refractivity contribution >= 4 is 17.7 Å². The number of nitrogens with zero attached hydrogens (tertiary/aromatic N) is 1. The molecule has 0 aromatic heterocycles. The minimum absolute atomic E-state index is 0.0507. The van der Waals surface area contributed by atoms with E-state index in [4.69, 9.17) is 9.84 Å². The maximum atomic E-state index is 12.7. The van der Waals surface area contributed by atoms with Gasteiger partial charge < -0.3 is 15.2 Å². The molecule has 7 heteroatoms. The lowest BCUT2D eigenvalue weighted by Crippen LogP contribution is -2.45. The predicted molar refractivity (Wildman–Crippen MR) is 112 cm³/mol. The summed E-state index contributed by atoms with van der Waals surface area (Å²) in [6.45, 7) is 8.65. The molecule has 0 radical (unpaired) electrons. The van der Waals surface area contributed by atoms with Crippen LogP contribution in [0.25, 0.3) is 0 Å². The minimum Gasteiger partial charge on any atom is -0.396 e. The van der Waals surface area contributed by atoms with E-state index in [1.165, 1.54) is 4.90 Å². The molecule has 0 unspecified atom stereocenters. The number of hydrogen-bond acceptors (Lipinski definition) is 5. The Bertz CT molecular complexity index is 684. The number of ether oxygens (including phenoxy) is 1. The summed E-state index contributed by atoms with van der Waals surface area (Å²) in [5.41, 5.74) is -0.815. The second-order valence-corrected chi connectivity index (χ2v) is 10.2. The molecule has 2 fully saturated rings. The largest absolute Gasteiger partial charge is 0.396 e. The molecule has 2 aliphatic carbocycles. The average molecular weight is 421 g/mol. The second-order valence-electron chi connectivity index (χ2n) is 10.2. The lowest BCUT2D eigenvalue weighted by Gasteiger charge is -2.30. The topological polar surface area (TPSA) is 95.9 Å². The molecular formula is C23H36N2O5. The Hall–Kier alpha value is -1.73. The molecule has 0 aromatic rings. The minimum atomic E-state index is -0.423. The Kier molecular flexibility index (Phi) is 6.72. The number of aliphatic hydroxyl groups is 1. The Morgan fingerprint density at radius 1 is 1.13 bits per heavy atom. The van der Waals surface area contributed by atoms with Crippen molar-refractivity contribution in [2.24, 2.45) is 23.7 Å². The van der Waals surface area contributed by atoms with Crippen molar-refractivity contribution in [1.29, 1.82) is 0 Å². The van der Waals surface area contributed by atoms with E-state index in [1.807, 2.05) is 27.7 Å². The summed E-state index contributed by atoms with van der Waals surface area (Å²) < 4.78 is 5.82. The number of fused-ring (bicyclic) bond motifs is 5. The van der Waals surface area contributed by atoms with Gasteiger partial charge in [0.15, 0.2) is 0 Å². The fraction of sp³-hybridized carbons (Fsp3) is 0.783. The number of aliphatic hydroxyl groups excluding tert-OH is 1. The summed E-state index contributed by atoms with van der Waals surface area (Å²) in [5.74, 6) is -0.0953. The van der Waals surface area contributed by atoms with Crippen molar-refractivity contribution in [2.45, 2.75) is 70.9 Å². The number of nitrogens with one attached hydrogen (secondary N) is 1. The zero-order valence-electron chi connectivity index (χ0n) is 18.6. The Morgan fingerprint density at radius 3 is 2.30 bits per heavy atom. The SMILES string of the molecule is CC(C)(CCOC(C)(C)CCO)NC(=O)CCCN1C(=O)[C@@H]2[C@H](C1=O)[C@H]1C=C[C@@H]2C1. The van der Waals surface area contributed by atoms with E-state index in [2.05, 4.69) is 17.5 Å². The molecule has 3 rings (SSSR count). The van der Waals surface area contributed by atoms with Crippen LogP contribution in [0.5, 0.6) is 0 Å². The number of carbonyl (C=O) groups excluding carboxylic acids is 3. The normalized spacial score (nSPS) is 27.8. The highest BCUT2D eigenvalue weighted by Gasteiger charge is 2.58. The van der Waals surface area contributed by atoms with Crippen molar-refractivity contribution in [3.8, 4) is 0 Å². The first kappa shape index (κ1) is 22.9. The molecule has 2 N–H and O–H groups in total. The van der Waals surface area contributed by atoms with Crippen molar-refractivity contribution < 1.29 is 24.2 Å². The summed E-state index contributed by atoms with van der Waals surface area (Å²) in [7, 11) is 0. The number of imide groups is 1. The summed E-state index contributed by atoms with van der Waals surface area (Å²) in [6, 6.07) is 0. The van der Waals surface area contributed by atoms with Gasteiger partial charge in [-0.05, 0) is 65.2 Å². The first-order valence-corrected chi connectivity index (χ1v) is 11.1. The van der Waals surface area contributed by atoms with Crippen LogP contribution in [0.4, 0.5) is 0 Å². The van der Waals surface area contributed by atoms with Gasteiger partial charge in [-0.3, -0.25) is 19.3 Å². The summed E-state index contributed by atoms with van der Waals surface area (Å²) in [6.07, 6.45) is 7.07. The number of rotatable bonds is 11. The van der Waals surface area contributed by atoms with Crippen molar-refractivity contribution in [3.05, 3.63) is 12.2 Å². The second kappa shape index (κ2) is 8.79. The molecule has 2 bridgehead atoms. The van der Waals surface area contributed by atoms with Gasteiger partial charge in [-0.15, -0.1) is 0 Å². The van der Waals surface area contributed by atoms with Crippen molar-refractivity contribution in [2.75, 3.05) is 19.8 Å². The van der Waals surface area contributed by atoms with Crippen LogP contribution in [0.1, 0.15) is 59.8 Å². The number of hydrogen-bond donors (Lipinski definition) is 2. The standard InChI is InChI=1S/C23H36N2O5/c1-22(2,10-13-30-23(3,4)9-12-26)24-17(27)6-5-11-25-20(28)18-15-7-8-16(14-15)19(18)21(25)29/h7-8,15-16,18-19,26H,5-6,9-14H2,1-4H3,(H,24,27)/t15-,16+,18+,19-. The Balaban J connectivity index is 1.39. The van der Waals surface area contributed by atoms with Crippen molar-refractivity contribution in [1.82, 2.24) is 10.2 Å². The first-order valence-electron chi connectivity index (χ1n) is 11.1. The van der Waals surface area contributed by atoms with Gasteiger partial charge in [0.2, 0.25) is 17.7 Å². The maximum Gasteiger partial charge on any atom is 0.233 e. The van der Waals surface area contributed by atoms with Crippen LogP contribution >= 0.6 is 0 Å². The van der Waals surface area contributed by atoms with Gasteiger partial charge in [-0.2, -0.15) is 0 Å². The van der Waals surface area contributed by atoms with E-state index in [1.54, 1.807) is 0 Å². The van der Waals surface area contributed by atoms with E-state index in [-0.39, 0.29) is 54.4 Å². The van der Waals surface area contributed by atoms with Gasteiger partial charge in [0.1, 0.15) is 0 Å². The number of allylic oxidation sites excluding steroid dienone is 2. The Morgan fingerprint density at radius 2 is 1.73 bits per heavy atom.